The number of morpholine rings is 1. The van der Waals surface area contributed by atoms with Crippen LogP contribution >= 0.6 is 22.9 Å². The Morgan fingerprint density at radius 2 is 1.95 bits per heavy atom. The lowest BCUT2D eigenvalue weighted by Crippen LogP contribution is -2.42. The number of hydrogen-bond donors (Lipinski definition) is 0. The fourth-order valence-electron chi connectivity index (χ4n) is 3.34. The van der Waals surface area contributed by atoms with Crippen LogP contribution in [0.2, 0.25) is 5.15 Å². The SMILES string of the molecule is Cc1sc2nc(CN3CC4CCC(C3)O4)nc(Cl)c2c1C. The molecule has 2 unspecified atom stereocenters. The Labute approximate surface area is 133 Å². The summed E-state index contributed by atoms with van der Waals surface area (Å²) >= 11 is 8.08. The molecule has 112 valence electrons. The summed E-state index contributed by atoms with van der Waals surface area (Å²) in [5, 5.41) is 1.61. The number of hydrogen-bond acceptors (Lipinski definition) is 5. The fraction of sp³-hybridized carbons (Fsp3) is 0.600. The van der Waals surface area contributed by atoms with Crippen LogP contribution in [0.3, 0.4) is 0 Å². The lowest BCUT2D eigenvalue weighted by atomic mass is 10.2. The van der Waals surface area contributed by atoms with Gasteiger partial charge in [-0.2, -0.15) is 0 Å². The van der Waals surface area contributed by atoms with Crippen molar-refractivity contribution in [2.75, 3.05) is 13.1 Å². The van der Waals surface area contributed by atoms with Gasteiger partial charge in [-0.15, -0.1) is 11.3 Å². The molecule has 2 aromatic heterocycles. The minimum absolute atomic E-state index is 0.397. The average molecular weight is 324 g/mol. The van der Waals surface area contributed by atoms with Gasteiger partial charge in [0.15, 0.2) is 0 Å². The zero-order valence-electron chi connectivity index (χ0n) is 12.2. The highest BCUT2D eigenvalue weighted by Gasteiger charge is 2.33. The molecule has 2 aliphatic heterocycles. The number of nitrogens with zero attached hydrogens (tertiary/aromatic N) is 3. The highest BCUT2D eigenvalue weighted by Crippen LogP contribution is 2.33. The van der Waals surface area contributed by atoms with Gasteiger partial charge >= 0.3 is 0 Å². The van der Waals surface area contributed by atoms with Crippen LogP contribution in [-0.4, -0.2) is 40.2 Å². The van der Waals surface area contributed by atoms with E-state index in [1.54, 1.807) is 11.3 Å². The molecule has 2 aromatic rings. The molecule has 21 heavy (non-hydrogen) atoms. The van der Waals surface area contributed by atoms with Crippen molar-refractivity contribution in [3.63, 3.8) is 0 Å². The van der Waals surface area contributed by atoms with E-state index >= 15 is 0 Å². The number of likely N-dealkylation sites (tertiary alicyclic amines) is 1. The summed E-state index contributed by atoms with van der Waals surface area (Å²) in [4.78, 5) is 13.9. The molecular formula is C15H18ClN3OS. The molecule has 2 saturated heterocycles. The number of fused-ring (bicyclic) bond motifs is 3. The zero-order valence-corrected chi connectivity index (χ0v) is 13.8. The monoisotopic (exact) mass is 323 g/mol. The summed E-state index contributed by atoms with van der Waals surface area (Å²) in [6, 6.07) is 0. The van der Waals surface area contributed by atoms with Gasteiger partial charge in [-0.25, -0.2) is 9.97 Å². The van der Waals surface area contributed by atoms with E-state index in [1.807, 2.05) is 0 Å². The molecule has 2 fully saturated rings. The third kappa shape index (κ3) is 2.46. The van der Waals surface area contributed by atoms with E-state index in [4.69, 9.17) is 21.3 Å². The van der Waals surface area contributed by atoms with Crippen LogP contribution in [0.5, 0.6) is 0 Å². The maximum absolute atomic E-state index is 6.38. The van der Waals surface area contributed by atoms with E-state index in [1.165, 1.54) is 23.3 Å². The van der Waals surface area contributed by atoms with Crippen LogP contribution in [-0.2, 0) is 11.3 Å². The first-order valence-corrected chi connectivity index (χ1v) is 8.59. The van der Waals surface area contributed by atoms with E-state index in [-0.39, 0.29) is 0 Å². The maximum atomic E-state index is 6.38. The van der Waals surface area contributed by atoms with Gasteiger partial charge in [0.2, 0.25) is 0 Å². The Morgan fingerprint density at radius 1 is 1.24 bits per heavy atom. The minimum atomic E-state index is 0.397. The average Bonchev–Trinajstić information content (AvgIpc) is 2.90. The van der Waals surface area contributed by atoms with Crippen LogP contribution in [0.15, 0.2) is 0 Å². The quantitative estimate of drug-likeness (QED) is 0.795. The molecule has 6 heteroatoms. The summed E-state index contributed by atoms with van der Waals surface area (Å²) in [6.07, 6.45) is 3.17. The van der Waals surface area contributed by atoms with Crippen molar-refractivity contribution in [3.8, 4) is 0 Å². The second-order valence-corrected chi connectivity index (χ2v) is 7.61. The van der Waals surface area contributed by atoms with Gasteiger partial charge in [-0.3, -0.25) is 4.90 Å². The Kier molecular flexibility index (Phi) is 3.41. The zero-order chi connectivity index (χ0) is 14.6. The molecule has 0 aliphatic carbocycles. The second-order valence-electron chi connectivity index (χ2n) is 6.05. The van der Waals surface area contributed by atoms with Crippen molar-refractivity contribution in [3.05, 3.63) is 21.4 Å². The summed E-state index contributed by atoms with van der Waals surface area (Å²) < 4.78 is 5.87. The Hall–Kier alpha value is -0.750. The molecule has 0 aromatic carbocycles. The van der Waals surface area contributed by atoms with Gasteiger partial charge in [-0.05, 0) is 32.3 Å². The Balaban J connectivity index is 1.62. The van der Waals surface area contributed by atoms with E-state index in [2.05, 4.69) is 23.7 Å². The van der Waals surface area contributed by atoms with Crippen LogP contribution in [0, 0.1) is 13.8 Å². The summed E-state index contributed by atoms with van der Waals surface area (Å²) in [6.45, 7) is 6.93. The molecule has 0 saturated carbocycles. The van der Waals surface area contributed by atoms with Crippen LogP contribution in [0.25, 0.3) is 10.2 Å². The number of ether oxygens (including phenoxy) is 1. The van der Waals surface area contributed by atoms with Gasteiger partial charge in [0.05, 0.1) is 24.1 Å². The van der Waals surface area contributed by atoms with Gasteiger partial charge in [0.1, 0.15) is 15.8 Å². The van der Waals surface area contributed by atoms with E-state index in [0.717, 1.165) is 35.7 Å². The Morgan fingerprint density at radius 3 is 2.67 bits per heavy atom. The predicted molar refractivity (Wildman–Crippen MR) is 85.1 cm³/mol. The van der Waals surface area contributed by atoms with Crippen LogP contribution in [0.4, 0.5) is 0 Å². The number of rotatable bonds is 2. The highest BCUT2D eigenvalue weighted by atomic mass is 35.5. The molecule has 0 radical (unpaired) electrons. The third-order valence-electron chi connectivity index (χ3n) is 4.52. The topological polar surface area (TPSA) is 38.2 Å². The van der Waals surface area contributed by atoms with Crippen molar-refractivity contribution in [1.82, 2.24) is 14.9 Å². The fourth-order valence-corrected chi connectivity index (χ4v) is 4.77. The molecule has 4 rings (SSSR count). The second kappa shape index (κ2) is 5.16. The molecular weight excluding hydrogens is 306 g/mol. The highest BCUT2D eigenvalue weighted by molar-refractivity contribution is 7.18. The number of aromatic nitrogens is 2. The van der Waals surface area contributed by atoms with Gasteiger partial charge in [0.25, 0.3) is 0 Å². The first-order chi connectivity index (χ1) is 10.1. The van der Waals surface area contributed by atoms with Gasteiger partial charge in [0, 0.05) is 18.0 Å². The first kappa shape index (κ1) is 13.9. The maximum Gasteiger partial charge on any atom is 0.145 e. The summed E-state index contributed by atoms with van der Waals surface area (Å²) in [5.41, 5.74) is 1.20. The first-order valence-electron chi connectivity index (χ1n) is 7.40. The van der Waals surface area contributed by atoms with Gasteiger partial charge in [-0.1, -0.05) is 11.6 Å². The van der Waals surface area contributed by atoms with E-state index < -0.39 is 0 Å². The molecule has 0 spiro atoms. The lowest BCUT2D eigenvalue weighted by Gasteiger charge is -2.31. The number of thiophene rings is 1. The van der Waals surface area contributed by atoms with E-state index in [0.29, 0.717) is 17.4 Å². The van der Waals surface area contributed by atoms with Crippen LogP contribution in [0.1, 0.15) is 29.1 Å². The summed E-state index contributed by atoms with van der Waals surface area (Å²) in [5.74, 6) is 0.829. The molecule has 4 heterocycles. The number of aryl methyl sites for hydroxylation is 2. The molecule has 2 atom stereocenters. The predicted octanol–water partition coefficient (Wildman–Crippen LogP) is 3.32. The summed E-state index contributed by atoms with van der Waals surface area (Å²) in [7, 11) is 0. The van der Waals surface area contributed by atoms with Gasteiger partial charge < -0.3 is 4.74 Å². The van der Waals surface area contributed by atoms with Crippen molar-refractivity contribution in [2.45, 2.75) is 45.4 Å². The standard InChI is InChI=1S/C15H18ClN3OS/c1-8-9(2)21-15-13(8)14(16)17-12(18-15)7-19-5-10-3-4-11(6-19)20-10/h10-11H,3-7H2,1-2H3. The Bertz CT molecular complexity index is 690. The molecule has 0 amide bonds. The molecule has 0 N–H and O–H groups in total. The van der Waals surface area contributed by atoms with Crippen LogP contribution < -0.4 is 0 Å². The third-order valence-corrected chi connectivity index (χ3v) is 5.89. The molecule has 2 aliphatic rings. The van der Waals surface area contributed by atoms with Crippen molar-refractivity contribution < 1.29 is 4.74 Å². The van der Waals surface area contributed by atoms with Crippen molar-refractivity contribution in [1.29, 1.82) is 0 Å². The lowest BCUT2D eigenvalue weighted by molar-refractivity contribution is -0.0417. The molecule has 4 nitrogen and oxygen atoms in total. The minimum Gasteiger partial charge on any atom is -0.372 e. The normalized spacial score (nSPS) is 25.9. The largest absolute Gasteiger partial charge is 0.372 e. The number of halogens is 1. The van der Waals surface area contributed by atoms with E-state index in [9.17, 15) is 0 Å². The smallest absolute Gasteiger partial charge is 0.145 e. The van der Waals surface area contributed by atoms with Crippen molar-refractivity contribution in [2.24, 2.45) is 0 Å². The van der Waals surface area contributed by atoms with Crippen molar-refractivity contribution >= 4 is 33.2 Å². The molecule has 2 bridgehead atoms.